The van der Waals surface area contributed by atoms with Crippen LogP contribution in [0.1, 0.15) is 41.9 Å². The molecular formula is C24H26N4O5. The van der Waals surface area contributed by atoms with E-state index in [4.69, 9.17) is 14.0 Å². The standard InChI is InChI=1S/C24H26N4O5/c1-3-32-23(29)17-6-10-19(11-7-17)25-24(30)28-14-4-5-18(15-28)22-26-21(27-33-22)16-8-12-20(31-2)13-9-16/h6-13,18H,3-5,14-15H2,1-2H3,(H,25,30)/t18-/m0/s1. The number of esters is 1. The van der Waals surface area contributed by atoms with E-state index in [9.17, 15) is 9.59 Å². The Labute approximate surface area is 191 Å². The number of methoxy groups -OCH3 is 1. The van der Waals surface area contributed by atoms with Crippen LogP contribution in [0.4, 0.5) is 10.5 Å². The molecule has 9 heteroatoms. The molecule has 33 heavy (non-hydrogen) atoms. The van der Waals surface area contributed by atoms with Crippen LogP contribution in [0.25, 0.3) is 11.4 Å². The minimum atomic E-state index is -0.386. The average molecular weight is 450 g/mol. The molecule has 9 nitrogen and oxygen atoms in total. The third-order valence-electron chi connectivity index (χ3n) is 5.50. The maximum absolute atomic E-state index is 12.8. The Kier molecular flexibility index (Phi) is 6.87. The second-order valence-corrected chi connectivity index (χ2v) is 7.70. The number of nitrogens with zero attached hydrogens (tertiary/aromatic N) is 3. The lowest BCUT2D eigenvalue weighted by Gasteiger charge is -2.31. The zero-order valence-corrected chi connectivity index (χ0v) is 18.6. The Bertz CT molecular complexity index is 1090. The van der Waals surface area contributed by atoms with Gasteiger partial charge in [-0.1, -0.05) is 5.16 Å². The maximum Gasteiger partial charge on any atom is 0.338 e. The van der Waals surface area contributed by atoms with Crippen LogP contribution in [0.2, 0.25) is 0 Å². The van der Waals surface area contributed by atoms with Crippen molar-refractivity contribution in [2.45, 2.75) is 25.7 Å². The smallest absolute Gasteiger partial charge is 0.338 e. The molecular weight excluding hydrogens is 424 g/mol. The summed E-state index contributed by atoms with van der Waals surface area (Å²) in [7, 11) is 1.62. The van der Waals surface area contributed by atoms with E-state index in [-0.39, 0.29) is 17.9 Å². The van der Waals surface area contributed by atoms with Gasteiger partial charge in [0, 0.05) is 24.3 Å². The van der Waals surface area contributed by atoms with Crippen molar-refractivity contribution in [3.8, 4) is 17.1 Å². The number of hydrogen-bond acceptors (Lipinski definition) is 7. The summed E-state index contributed by atoms with van der Waals surface area (Å²) >= 11 is 0. The molecule has 1 aliphatic rings. The zero-order chi connectivity index (χ0) is 23.2. The van der Waals surface area contributed by atoms with Crippen molar-refractivity contribution < 1.29 is 23.6 Å². The quantitative estimate of drug-likeness (QED) is 0.557. The van der Waals surface area contributed by atoms with Gasteiger partial charge in [-0.15, -0.1) is 0 Å². The van der Waals surface area contributed by atoms with Crippen LogP contribution in [-0.2, 0) is 4.74 Å². The van der Waals surface area contributed by atoms with Gasteiger partial charge in [-0.25, -0.2) is 9.59 Å². The van der Waals surface area contributed by atoms with Crippen LogP contribution in [0.15, 0.2) is 53.1 Å². The number of amides is 2. The highest BCUT2D eigenvalue weighted by Gasteiger charge is 2.29. The predicted octanol–water partition coefficient (Wildman–Crippen LogP) is 4.33. The fraction of sp³-hybridized carbons (Fsp3) is 0.333. The Morgan fingerprint density at radius 2 is 1.91 bits per heavy atom. The van der Waals surface area contributed by atoms with Crippen LogP contribution >= 0.6 is 0 Å². The molecule has 0 radical (unpaired) electrons. The SMILES string of the molecule is CCOC(=O)c1ccc(NC(=O)N2CCC[C@H](c3nc(-c4ccc(OC)cc4)no3)C2)cc1. The first-order valence-electron chi connectivity index (χ1n) is 10.9. The number of benzene rings is 2. The lowest BCUT2D eigenvalue weighted by atomic mass is 9.98. The second-order valence-electron chi connectivity index (χ2n) is 7.70. The first-order chi connectivity index (χ1) is 16.1. The highest BCUT2D eigenvalue weighted by Crippen LogP contribution is 2.28. The molecule has 0 saturated carbocycles. The Morgan fingerprint density at radius 3 is 2.61 bits per heavy atom. The Morgan fingerprint density at radius 1 is 1.15 bits per heavy atom. The molecule has 0 bridgehead atoms. The highest BCUT2D eigenvalue weighted by atomic mass is 16.5. The number of piperidine rings is 1. The van der Waals surface area contributed by atoms with Crippen LogP contribution < -0.4 is 10.1 Å². The fourth-order valence-electron chi connectivity index (χ4n) is 3.73. The van der Waals surface area contributed by atoms with E-state index in [1.165, 1.54) is 0 Å². The maximum atomic E-state index is 12.8. The number of ether oxygens (including phenoxy) is 2. The number of carbonyl (C=O) groups is 2. The van der Waals surface area contributed by atoms with Gasteiger partial charge in [-0.3, -0.25) is 0 Å². The number of hydrogen-bond donors (Lipinski definition) is 1. The molecule has 172 valence electrons. The molecule has 2 amide bonds. The summed E-state index contributed by atoms with van der Waals surface area (Å²) in [5.74, 6) is 1.37. The van der Waals surface area contributed by atoms with Crippen molar-refractivity contribution >= 4 is 17.7 Å². The highest BCUT2D eigenvalue weighted by molar-refractivity contribution is 5.92. The van der Waals surface area contributed by atoms with Crippen LogP contribution in [-0.4, -0.2) is 53.8 Å². The van der Waals surface area contributed by atoms with Crippen molar-refractivity contribution in [3.63, 3.8) is 0 Å². The molecule has 4 rings (SSSR count). The second kappa shape index (κ2) is 10.2. The molecule has 0 aliphatic carbocycles. The number of anilines is 1. The summed E-state index contributed by atoms with van der Waals surface area (Å²) in [6.07, 6.45) is 1.70. The van der Waals surface area contributed by atoms with E-state index in [1.54, 1.807) is 43.2 Å². The number of carbonyl (C=O) groups excluding carboxylic acids is 2. The van der Waals surface area contributed by atoms with Gasteiger partial charge in [0.15, 0.2) is 0 Å². The van der Waals surface area contributed by atoms with Gasteiger partial charge in [0.05, 0.1) is 25.2 Å². The molecule has 1 fully saturated rings. The molecule has 1 aromatic heterocycles. The van der Waals surface area contributed by atoms with Crippen molar-refractivity contribution in [1.29, 1.82) is 0 Å². The average Bonchev–Trinajstić information content (AvgIpc) is 3.35. The number of nitrogens with one attached hydrogen (secondary N) is 1. The van der Waals surface area contributed by atoms with Gasteiger partial charge in [0.25, 0.3) is 0 Å². The number of likely N-dealkylation sites (tertiary alicyclic amines) is 1. The molecule has 1 saturated heterocycles. The molecule has 1 atom stereocenters. The van der Waals surface area contributed by atoms with Gasteiger partial charge in [-0.05, 0) is 68.3 Å². The third kappa shape index (κ3) is 5.31. The molecule has 1 aliphatic heterocycles. The summed E-state index contributed by atoms with van der Waals surface area (Å²) in [5, 5.41) is 6.99. The zero-order valence-electron chi connectivity index (χ0n) is 18.6. The van der Waals surface area contributed by atoms with Crippen LogP contribution in [0.5, 0.6) is 5.75 Å². The summed E-state index contributed by atoms with van der Waals surface area (Å²) in [4.78, 5) is 30.9. The molecule has 3 aromatic rings. The first-order valence-corrected chi connectivity index (χ1v) is 10.9. The van der Waals surface area contributed by atoms with Gasteiger partial charge >= 0.3 is 12.0 Å². The van der Waals surface area contributed by atoms with Crippen molar-refractivity contribution in [1.82, 2.24) is 15.0 Å². The summed E-state index contributed by atoms with van der Waals surface area (Å²) in [6, 6.07) is 13.9. The fourth-order valence-corrected chi connectivity index (χ4v) is 3.73. The number of urea groups is 1. The molecule has 0 spiro atoms. The summed E-state index contributed by atoms with van der Waals surface area (Å²) < 4.78 is 15.7. The van der Waals surface area contributed by atoms with Gasteiger partial charge in [0.2, 0.25) is 11.7 Å². The van der Waals surface area contributed by atoms with Crippen molar-refractivity contribution in [3.05, 3.63) is 60.0 Å². The topological polar surface area (TPSA) is 107 Å². The van der Waals surface area contributed by atoms with E-state index in [2.05, 4.69) is 15.5 Å². The minimum Gasteiger partial charge on any atom is -0.497 e. The van der Waals surface area contributed by atoms with Crippen molar-refractivity contribution in [2.75, 3.05) is 32.1 Å². The third-order valence-corrected chi connectivity index (χ3v) is 5.50. The number of rotatable bonds is 6. The van der Waals surface area contributed by atoms with E-state index < -0.39 is 0 Å². The summed E-state index contributed by atoms with van der Waals surface area (Å²) in [6.45, 7) is 3.20. The largest absolute Gasteiger partial charge is 0.497 e. The Balaban J connectivity index is 1.37. The predicted molar refractivity (Wildman–Crippen MR) is 121 cm³/mol. The van der Waals surface area contributed by atoms with E-state index in [0.29, 0.717) is 42.7 Å². The lowest BCUT2D eigenvalue weighted by molar-refractivity contribution is 0.0526. The molecule has 2 aromatic carbocycles. The summed E-state index contributed by atoms with van der Waals surface area (Å²) in [5.41, 5.74) is 1.88. The molecule has 0 unspecified atom stereocenters. The first kappa shape index (κ1) is 22.3. The van der Waals surface area contributed by atoms with Crippen LogP contribution in [0.3, 0.4) is 0 Å². The normalized spacial score (nSPS) is 15.7. The van der Waals surface area contributed by atoms with E-state index in [0.717, 1.165) is 24.2 Å². The Hall–Kier alpha value is -3.88. The van der Waals surface area contributed by atoms with Crippen molar-refractivity contribution in [2.24, 2.45) is 0 Å². The van der Waals surface area contributed by atoms with Gasteiger partial charge in [0.1, 0.15) is 5.75 Å². The number of aromatic nitrogens is 2. The lowest BCUT2D eigenvalue weighted by Crippen LogP contribution is -2.41. The monoisotopic (exact) mass is 450 g/mol. The minimum absolute atomic E-state index is 0.0322. The van der Waals surface area contributed by atoms with E-state index in [1.807, 2.05) is 24.3 Å². The van der Waals surface area contributed by atoms with E-state index >= 15 is 0 Å². The van der Waals surface area contributed by atoms with Gasteiger partial charge < -0.3 is 24.2 Å². The molecule has 2 heterocycles. The van der Waals surface area contributed by atoms with Crippen LogP contribution in [0, 0.1) is 0 Å². The molecule has 1 N–H and O–H groups in total. The van der Waals surface area contributed by atoms with Gasteiger partial charge in [-0.2, -0.15) is 4.98 Å².